The number of hydrogen-bond acceptors (Lipinski definition) is 20. The number of alkyl halides is 3. The van der Waals surface area contributed by atoms with Crippen LogP contribution in [0.3, 0.4) is 0 Å². The van der Waals surface area contributed by atoms with E-state index in [2.05, 4.69) is 123 Å². The van der Waals surface area contributed by atoms with Gasteiger partial charge in [-0.15, -0.1) is 0 Å². The molecule has 11 atom stereocenters. The zero-order valence-electron chi connectivity index (χ0n) is 90.2. The second-order valence-electron chi connectivity index (χ2n) is 43.2. The summed E-state index contributed by atoms with van der Waals surface area (Å²) in [7, 11) is 0. The number of halogens is 4. The molecule has 17 rings (SSSR count). The van der Waals surface area contributed by atoms with Crippen LogP contribution in [-0.2, 0) is 28.5 Å². The number of para-hydroxylation sites is 4. The first-order chi connectivity index (χ1) is 69.3. The number of nitrogens with zero attached hydrogens (tertiary/aromatic N) is 7. The molecule has 9 aliphatic rings. The summed E-state index contributed by atoms with van der Waals surface area (Å²) in [5.41, 5.74) is 2.04. The number of ether oxygens (including phenoxy) is 8. The Balaban J connectivity index is 0.000000229. The Morgan fingerprint density at radius 3 is 1.01 bits per heavy atom. The zero-order chi connectivity index (χ0) is 104. The maximum atomic E-state index is 13.3. The number of aldehydes is 1. The van der Waals surface area contributed by atoms with E-state index in [0.717, 1.165) is 158 Å². The number of benzene rings is 8. The number of piperidine rings is 4. The summed E-state index contributed by atoms with van der Waals surface area (Å²) in [5, 5.41) is 32.1. The second kappa shape index (κ2) is 60.2. The number of carbonyl (C=O) groups excluding carboxylic acids is 5. The fraction of sp³-hybridized carbons (Fsp3) is 0.546. The number of hydrogen-bond donors (Lipinski definition) is 3. The van der Waals surface area contributed by atoms with Crippen LogP contribution in [0.15, 0.2) is 243 Å². The van der Waals surface area contributed by atoms with Crippen molar-refractivity contribution in [1.29, 1.82) is 0 Å². The molecular formula is C119H165BrF3MgN7O16. The van der Waals surface area contributed by atoms with Crippen molar-refractivity contribution in [2.75, 3.05) is 118 Å². The molecule has 5 aliphatic heterocycles. The van der Waals surface area contributed by atoms with E-state index in [1.807, 2.05) is 230 Å². The van der Waals surface area contributed by atoms with Crippen molar-refractivity contribution >= 4 is 53.4 Å². The van der Waals surface area contributed by atoms with Gasteiger partial charge in [0.05, 0.1) is 6.54 Å². The van der Waals surface area contributed by atoms with E-state index in [1.165, 1.54) is 60.8 Å². The molecule has 8 aromatic carbocycles. The molecule has 5 saturated heterocycles. The minimum Gasteiger partial charge on any atom is -1.00 e. The molecule has 0 bridgehead atoms. The maximum absolute atomic E-state index is 13.3. The van der Waals surface area contributed by atoms with Gasteiger partial charge in [0.2, 0.25) is 6.29 Å². The third-order valence-electron chi connectivity index (χ3n) is 27.1. The molecule has 0 radical (unpaired) electrons. The van der Waals surface area contributed by atoms with Crippen LogP contribution < -0.4 is 35.9 Å². The molecule has 147 heavy (non-hydrogen) atoms. The van der Waals surface area contributed by atoms with Crippen molar-refractivity contribution in [2.45, 2.75) is 287 Å². The maximum Gasteiger partial charge on any atom is 2.00 e. The number of ketones is 1. The molecule has 3 amide bonds. The average Bonchev–Trinajstić information content (AvgIpc) is 1.62. The molecule has 8 aromatic rings. The van der Waals surface area contributed by atoms with Gasteiger partial charge in [-0.1, -0.05) is 208 Å². The smallest absolute Gasteiger partial charge is 1.00 e. The Kier molecular flexibility index (Phi) is 49.7. The van der Waals surface area contributed by atoms with Crippen LogP contribution in [-0.4, -0.2) is 298 Å². The van der Waals surface area contributed by atoms with E-state index in [0.29, 0.717) is 63.2 Å². The van der Waals surface area contributed by atoms with Gasteiger partial charge in [0.1, 0.15) is 83.5 Å². The molecule has 28 heteroatoms. The predicted molar refractivity (Wildman–Crippen MR) is 572 cm³/mol. The molecule has 5 heterocycles. The summed E-state index contributed by atoms with van der Waals surface area (Å²) in [6, 6.07) is 81.6. The van der Waals surface area contributed by atoms with Crippen LogP contribution in [0, 0.1) is 19.3 Å². The van der Waals surface area contributed by atoms with E-state index >= 15 is 0 Å². The molecule has 4 saturated carbocycles. The number of aliphatic hydroxyl groups is 3. The van der Waals surface area contributed by atoms with Crippen LogP contribution in [0.1, 0.15) is 234 Å². The van der Waals surface area contributed by atoms with E-state index in [-0.39, 0.29) is 128 Å². The van der Waals surface area contributed by atoms with Gasteiger partial charge in [-0.05, 0) is 274 Å². The molecule has 0 spiro atoms. The van der Waals surface area contributed by atoms with Gasteiger partial charge >= 0.3 is 47.5 Å². The number of carbonyl (C=O) groups is 5. The van der Waals surface area contributed by atoms with E-state index in [1.54, 1.807) is 6.92 Å². The summed E-state index contributed by atoms with van der Waals surface area (Å²) < 4.78 is 82.7. The van der Waals surface area contributed by atoms with Crippen molar-refractivity contribution in [3.05, 3.63) is 272 Å². The SMILES string of the molecule is C1CCOC1.CC(C)(C)OC(=O)N(C1CCN(CC(=O)COc2ccccc2)CC1)[C@@H]1C[C@H]1c1ccccc1.CC(C)(C)OC(=O)N(C1CCN(CC(O)COc2ccccc2)CC1)[C@@H]1C[C@H]1c1ccccc1.CC(O)(COc1ccccc1)CN1CCC(C[C@@H]2C[C@H]2c2ccccc2)CC1.CC(O)(COc1ccccc1)CN1CCC(N(C(=O)OC(C)(C)C)[C@@H]2C[C@H]2c2ccccc2)CC1.O=CC(F)(F)F.[2H]CC.[Br-].[CH3-].[Mg+2]. The van der Waals surface area contributed by atoms with Crippen molar-refractivity contribution in [3.63, 3.8) is 0 Å². The first-order valence-corrected chi connectivity index (χ1v) is 52.2. The quantitative estimate of drug-likeness (QED) is 0.0154. The van der Waals surface area contributed by atoms with E-state index in [9.17, 15) is 47.7 Å². The predicted octanol–water partition coefficient (Wildman–Crippen LogP) is 19.0. The molecule has 3 N–H and O–H groups in total. The van der Waals surface area contributed by atoms with Gasteiger partial charge in [0, 0.05) is 127 Å². The number of aliphatic hydroxyl groups excluding tert-OH is 1. The van der Waals surface area contributed by atoms with Gasteiger partial charge < -0.3 is 107 Å². The standard InChI is InChI=1S/C29H40N2O4.C28H38N2O4.C28H36N2O4.C25H33NO2.C4H8O.C2HF3O.C2H6.CH3.BrH.Mg/c1-28(2,3)35-27(32)31(26-19-25(26)22-11-7-5-8-12-22)23-15-17-30(18-16-23)20-29(4,33)21-34-24-13-9-6-10-14-24;2*1-28(2,3)34-27(32)30(26-18-25(26)21-10-6-4-7-11-21)22-14-16-29(17-15-22)19-23(31)20-33-24-12-8-5-9-13-24;1-25(27,19-28-23-10-6-3-7-11-23)18-26-14-12-20(13-15-26)16-22-17-24(22)21-8-4-2-5-9-21;1-2-4-5-3-1;3-2(4,5)1-6;1-2;;;/h5-14,23,25-26,33H,15-21H2,1-4H3;4-13,22-23,25-26,31H,14-20H2,1-3H3;4-13,22,25-26H,14-20H2,1-3H3;2-11,20,22,24,27H,12-19H2,1H3;1-4H2;1H;1-2H3;1H3;1H;/q;;;;;;;-1;;+2/p-1/t25-,26+,29?;23?,25-,26+;25-,26+;22-,24+,25?;;;;;;/m0001....../s1/i;;;;;;1D;;;. The van der Waals surface area contributed by atoms with Crippen molar-refractivity contribution < 1.29 is 109 Å². The van der Waals surface area contributed by atoms with Gasteiger partial charge in [-0.2, -0.15) is 13.2 Å². The minimum absolute atomic E-state index is 0. The number of likely N-dealkylation sites (tertiary alicyclic amines) is 4. The number of Topliss-reactive ketones (excluding diaryl/α,β-unsaturated/α-hetero) is 1. The van der Waals surface area contributed by atoms with Crippen LogP contribution in [0.5, 0.6) is 23.0 Å². The number of β-amino-alcohol motifs (C(OH)–C–C–N with tert-alkyl or cyclic N) is 3. The molecule has 3 unspecified atom stereocenters. The Morgan fingerprint density at radius 1 is 0.429 bits per heavy atom. The van der Waals surface area contributed by atoms with Crippen LogP contribution in [0.25, 0.3) is 0 Å². The first-order valence-electron chi connectivity index (χ1n) is 52.9. The third kappa shape index (κ3) is 44.0. The summed E-state index contributed by atoms with van der Waals surface area (Å²) in [5.74, 6) is 6.78. The number of rotatable bonds is 32. The Hall–Kier alpha value is -9.17. The summed E-state index contributed by atoms with van der Waals surface area (Å²) in [4.78, 5) is 76.0. The van der Waals surface area contributed by atoms with Gasteiger partial charge in [0.25, 0.3) is 0 Å². The Morgan fingerprint density at radius 2 is 0.707 bits per heavy atom. The van der Waals surface area contributed by atoms with Crippen LogP contribution in [0.2, 0.25) is 0 Å². The monoisotopic (exact) mass is 2110 g/mol. The first kappa shape index (κ1) is 121. The largest absolute Gasteiger partial charge is 2.00 e. The average molecular weight is 2110 g/mol. The van der Waals surface area contributed by atoms with E-state index in [4.69, 9.17) is 44.1 Å². The molecule has 23 nitrogen and oxygen atoms in total. The number of amides is 3. The summed E-state index contributed by atoms with van der Waals surface area (Å²) in [6.07, 6.45) is 9.04. The van der Waals surface area contributed by atoms with Crippen LogP contribution >= 0.6 is 0 Å². The fourth-order valence-corrected chi connectivity index (χ4v) is 19.9. The fourth-order valence-electron chi connectivity index (χ4n) is 19.9. The molecule has 4 aliphatic carbocycles. The van der Waals surface area contributed by atoms with Crippen molar-refractivity contribution in [2.24, 2.45) is 11.8 Å². The van der Waals surface area contributed by atoms with Crippen molar-refractivity contribution in [1.82, 2.24) is 34.3 Å². The topological polar surface area (TPSA) is 243 Å². The summed E-state index contributed by atoms with van der Waals surface area (Å²) >= 11 is 0. The van der Waals surface area contributed by atoms with Crippen LogP contribution in [0.4, 0.5) is 27.6 Å². The normalized spacial score (nSPS) is 21.6. The van der Waals surface area contributed by atoms with Gasteiger partial charge in [-0.3, -0.25) is 14.5 Å². The van der Waals surface area contributed by atoms with Crippen molar-refractivity contribution in [3.8, 4) is 23.0 Å². The van der Waals surface area contributed by atoms with E-state index < -0.39 is 46.6 Å². The van der Waals surface area contributed by atoms with Gasteiger partial charge in [0.15, 0.2) is 5.78 Å². The molecular weight excluding hydrogens is 1940 g/mol. The molecule has 9 fully saturated rings. The van der Waals surface area contributed by atoms with Gasteiger partial charge in [-0.25, -0.2) is 14.4 Å². The zero-order valence-corrected chi connectivity index (χ0v) is 92.2. The third-order valence-corrected chi connectivity index (χ3v) is 27.1. The second-order valence-corrected chi connectivity index (χ2v) is 43.2. The Labute approximate surface area is 902 Å². The molecule has 802 valence electrons. The minimum atomic E-state index is -4.64. The summed E-state index contributed by atoms with van der Waals surface area (Å²) in [6.45, 7) is 35.5. The Bertz CT molecular complexity index is 5050. The molecule has 0 aromatic heterocycles.